The van der Waals surface area contributed by atoms with Gasteiger partial charge in [-0.2, -0.15) is 4.98 Å². The Hall–Kier alpha value is -1.49. The number of nitrogens with zero attached hydrogens (tertiary/aromatic N) is 4. The summed E-state index contributed by atoms with van der Waals surface area (Å²) < 4.78 is 1.69. The molecule has 0 atom stereocenters. The first kappa shape index (κ1) is 7.87. The smallest absolute Gasteiger partial charge is 0.252 e. The number of nitrogens with two attached hydrogens (primary N) is 1. The molecule has 0 amide bonds. The molecule has 1 saturated carbocycles. The highest BCUT2D eigenvalue weighted by Gasteiger charge is 2.44. The molecule has 0 bridgehead atoms. The van der Waals surface area contributed by atoms with Gasteiger partial charge in [-0.05, 0) is 25.3 Å². The summed E-state index contributed by atoms with van der Waals surface area (Å²) in [6.07, 6.45) is 5.64. The number of hydrogen-bond donors (Lipinski definition) is 1. The third-order valence-corrected chi connectivity index (χ3v) is 2.56. The fourth-order valence-corrected chi connectivity index (χ4v) is 1.44. The van der Waals surface area contributed by atoms with Crippen molar-refractivity contribution in [1.29, 1.82) is 0 Å². The average Bonchev–Trinajstić information content (AvgIpc) is 2.77. The first-order valence-corrected chi connectivity index (χ1v) is 4.66. The van der Waals surface area contributed by atoms with Gasteiger partial charge in [-0.15, -0.1) is 5.10 Å². The van der Waals surface area contributed by atoms with Crippen molar-refractivity contribution >= 4 is 5.78 Å². The molecular formula is C9H11N5. The highest BCUT2D eigenvalue weighted by atomic mass is 15.3. The van der Waals surface area contributed by atoms with Crippen LogP contribution in [0.1, 0.15) is 24.2 Å². The molecule has 2 aromatic rings. The molecule has 3 rings (SSSR count). The highest BCUT2D eigenvalue weighted by Crippen LogP contribution is 2.40. The van der Waals surface area contributed by atoms with E-state index in [2.05, 4.69) is 15.1 Å². The zero-order valence-corrected chi connectivity index (χ0v) is 7.94. The van der Waals surface area contributed by atoms with Gasteiger partial charge < -0.3 is 5.73 Å². The van der Waals surface area contributed by atoms with Crippen molar-refractivity contribution in [2.75, 3.05) is 0 Å². The fourth-order valence-electron chi connectivity index (χ4n) is 1.44. The average molecular weight is 189 g/mol. The van der Waals surface area contributed by atoms with E-state index >= 15 is 0 Å². The van der Waals surface area contributed by atoms with Crippen molar-refractivity contribution in [3.05, 3.63) is 23.8 Å². The molecule has 0 unspecified atom stereocenters. The van der Waals surface area contributed by atoms with Gasteiger partial charge in [0.1, 0.15) is 0 Å². The van der Waals surface area contributed by atoms with E-state index in [-0.39, 0.29) is 5.54 Å². The SMILES string of the molecule is Cc1cnc2nc(C3(N)CC3)nn2c1. The van der Waals surface area contributed by atoms with E-state index in [1.54, 1.807) is 10.7 Å². The normalized spacial score (nSPS) is 18.7. The summed E-state index contributed by atoms with van der Waals surface area (Å²) >= 11 is 0. The molecule has 5 nitrogen and oxygen atoms in total. The van der Waals surface area contributed by atoms with Crippen molar-refractivity contribution in [2.24, 2.45) is 5.73 Å². The van der Waals surface area contributed by atoms with Crippen LogP contribution in [0.2, 0.25) is 0 Å². The van der Waals surface area contributed by atoms with Gasteiger partial charge in [0.15, 0.2) is 5.82 Å². The number of rotatable bonds is 1. The van der Waals surface area contributed by atoms with E-state index in [4.69, 9.17) is 5.73 Å². The van der Waals surface area contributed by atoms with Gasteiger partial charge in [0.05, 0.1) is 5.54 Å². The van der Waals surface area contributed by atoms with Crippen molar-refractivity contribution < 1.29 is 0 Å². The maximum Gasteiger partial charge on any atom is 0.252 e. The van der Waals surface area contributed by atoms with E-state index in [1.165, 1.54) is 0 Å². The van der Waals surface area contributed by atoms with Crippen LogP contribution in [0.15, 0.2) is 12.4 Å². The van der Waals surface area contributed by atoms with Crippen LogP contribution >= 0.6 is 0 Å². The first-order chi connectivity index (χ1) is 6.67. The van der Waals surface area contributed by atoms with Crippen molar-refractivity contribution in [3.63, 3.8) is 0 Å². The molecule has 72 valence electrons. The molecule has 0 spiro atoms. The van der Waals surface area contributed by atoms with Gasteiger partial charge in [0.25, 0.3) is 5.78 Å². The Bertz CT molecular complexity index is 497. The van der Waals surface area contributed by atoms with Crippen molar-refractivity contribution in [2.45, 2.75) is 25.3 Å². The van der Waals surface area contributed by atoms with Gasteiger partial charge >= 0.3 is 0 Å². The minimum absolute atomic E-state index is 0.276. The zero-order valence-electron chi connectivity index (χ0n) is 7.94. The molecule has 1 fully saturated rings. The van der Waals surface area contributed by atoms with Crippen molar-refractivity contribution in [1.82, 2.24) is 19.6 Å². The Morgan fingerprint density at radius 1 is 1.50 bits per heavy atom. The number of aryl methyl sites for hydroxylation is 1. The summed E-state index contributed by atoms with van der Waals surface area (Å²) in [6.45, 7) is 1.98. The molecule has 0 radical (unpaired) electrons. The summed E-state index contributed by atoms with van der Waals surface area (Å²) in [6, 6.07) is 0. The van der Waals surface area contributed by atoms with E-state index < -0.39 is 0 Å². The van der Waals surface area contributed by atoms with Gasteiger partial charge in [-0.3, -0.25) is 0 Å². The minimum atomic E-state index is -0.276. The Morgan fingerprint density at radius 3 is 3.00 bits per heavy atom. The predicted octanol–water partition coefficient (Wildman–Crippen LogP) is 0.381. The lowest BCUT2D eigenvalue weighted by atomic mass is 10.3. The number of fused-ring (bicyclic) bond motifs is 1. The summed E-state index contributed by atoms with van der Waals surface area (Å²) in [7, 11) is 0. The van der Waals surface area contributed by atoms with Gasteiger partial charge in [-0.1, -0.05) is 0 Å². The van der Waals surface area contributed by atoms with Crippen LogP contribution in [0.25, 0.3) is 5.78 Å². The summed E-state index contributed by atoms with van der Waals surface area (Å²) in [5.41, 5.74) is 6.79. The van der Waals surface area contributed by atoms with Crippen LogP contribution < -0.4 is 5.73 Å². The summed E-state index contributed by atoms with van der Waals surface area (Å²) in [5.74, 6) is 1.35. The van der Waals surface area contributed by atoms with Crippen LogP contribution in [0.5, 0.6) is 0 Å². The van der Waals surface area contributed by atoms with Gasteiger partial charge in [0.2, 0.25) is 0 Å². The fraction of sp³-hybridized carbons (Fsp3) is 0.444. The molecule has 0 saturated heterocycles. The molecule has 1 aliphatic rings. The van der Waals surface area contributed by atoms with Crippen LogP contribution in [-0.4, -0.2) is 19.6 Å². The molecule has 14 heavy (non-hydrogen) atoms. The monoisotopic (exact) mass is 189 g/mol. The lowest BCUT2D eigenvalue weighted by Gasteiger charge is -1.98. The standard InChI is InChI=1S/C9H11N5/c1-6-4-11-8-12-7(9(10)2-3-9)13-14(8)5-6/h4-5H,2-3,10H2,1H3. The lowest BCUT2D eigenvalue weighted by Crippen LogP contribution is -2.20. The third kappa shape index (κ3) is 1.02. The number of aromatic nitrogens is 4. The zero-order chi connectivity index (χ0) is 9.76. The number of hydrogen-bond acceptors (Lipinski definition) is 4. The highest BCUT2D eigenvalue weighted by molar-refractivity contribution is 5.30. The van der Waals surface area contributed by atoms with Crippen LogP contribution in [0.3, 0.4) is 0 Å². The molecule has 0 aromatic carbocycles. The van der Waals surface area contributed by atoms with Crippen LogP contribution in [0.4, 0.5) is 0 Å². The topological polar surface area (TPSA) is 69.1 Å². The molecule has 1 aliphatic carbocycles. The third-order valence-electron chi connectivity index (χ3n) is 2.56. The summed E-state index contributed by atoms with van der Waals surface area (Å²) in [5, 5.41) is 4.33. The molecule has 5 heteroatoms. The Balaban J connectivity index is 2.20. The van der Waals surface area contributed by atoms with E-state index in [0.717, 1.165) is 24.2 Å². The Labute approximate surface area is 81.0 Å². The van der Waals surface area contributed by atoms with Crippen molar-refractivity contribution in [3.8, 4) is 0 Å². The molecule has 2 heterocycles. The predicted molar refractivity (Wildman–Crippen MR) is 50.6 cm³/mol. The van der Waals surface area contributed by atoms with Gasteiger partial charge in [0, 0.05) is 12.4 Å². The Morgan fingerprint density at radius 2 is 2.29 bits per heavy atom. The maximum atomic E-state index is 6.00. The quantitative estimate of drug-likeness (QED) is 0.704. The molecule has 2 aromatic heterocycles. The van der Waals surface area contributed by atoms with E-state index in [0.29, 0.717) is 5.78 Å². The maximum absolute atomic E-state index is 6.00. The second-order valence-electron chi connectivity index (χ2n) is 3.97. The largest absolute Gasteiger partial charge is 0.319 e. The minimum Gasteiger partial charge on any atom is -0.319 e. The van der Waals surface area contributed by atoms with E-state index in [1.807, 2.05) is 13.1 Å². The first-order valence-electron chi connectivity index (χ1n) is 4.66. The molecular weight excluding hydrogens is 178 g/mol. The Kier molecular flexibility index (Phi) is 1.29. The molecule has 2 N–H and O–H groups in total. The van der Waals surface area contributed by atoms with Crippen LogP contribution in [0, 0.1) is 6.92 Å². The van der Waals surface area contributed by atoms with Crippen LogP contribution in [-0.2, 0) is 5.54 Å². The second kappa shape index (κ2) is 2.30. The second-order valence-corrected chi connectivity index (χ2v) is 3.97. The molecule has 0 aliphatic heterocycles. The van der Waals surface area contributed by atoms with Gasteiger partial charge in [-0.25, -0.2) is 9.50 Å². The lowest BCUT2D eigenvalue weighted by molar-refractivity contribution is 0.669. The van der Waals surface area contributed by atoms with E-state index in [9.17, 15) is 0 Å². The summed E-state index contributed by atoms with van der Waals surface area (Å²) in [4.78, 5) is 8.48.